The van der Waals surface area contributed by atoms with Gasteiger partial charge in [0.1, 0.15) is 0 Å². The van der Waals surface area contributed by atoms with E-state index in [9.17, 15) is 19.8 Å². The summed E-state index contributed by atoms with van der Waals surface area (Å²) in [5.74, 6) is -1.80. The van der Waals surface area contributed by atoms with Gasteiger partial charge in [0, 0.05) is 13.2 Å². The van der Waals surface area contributed by atoms with Gasteiger partial charge in [-0.2, -0.15) is 0 Å². The molecule has 228 valence electrons. The van der Waals surface area contributed by atoms with Gasteiger partial charge in [-0.05, 0) is 71.2 Å². The summed E-state index contributed by atoms with van der Waals surface area (Å²) >= 11 is 0. The molecule has 0 aliphatic heterocycles. The fourth-order valence-corrected chi connectivity index (χ4v) is 5.32. The summed E-state index contributed by atoms with van der Waals surface area (Å²) in [7, 11) is 0. The van der Waals surface area contributed by atoms with Crippen LogP contribution in [0, 0.1) is 0 Å². The number of nitrogens with one attached hydrogen (secondary N) is 1. The maximum atomic E-state index is 12.9. The molecule has 1 amide bonds. The first kappa shape index (κ1) is 32.1. The molecule has 0 radical (unpaired) electrons. The van der Waals surface area contributed by atoms with Crippen molar-refractivity contribution in [1.29, 1.82) is 0 Å². The van der Waals surface area contributed by atoms with Gasteiger partial charge in [0.05, 0.1) is 13.2 Å². The van der Waals surface area contributed by atoms with E-state index in [2.05, 4.69) is 66.0 Å². The Labute approximate surface area is 253 Å². The lowest BCUT2D eigenvalue weighted by molar-refractivity contribution is -0.169. The second-order valence-electron chi connectivity index (χ2n) is 10.9. The number of aryl methyl sites for hydroxylation is 2. The van der Waals surface area contributed by atoms with Crippen LogP contribution in [0.4, 0.5) is 0 Å². The minimum Gasteiger partial charge on any atom is -0.479 e. The summed E-state index contributed by atoms with van der Waals surface area (Å²) in [4.78, 5) is 24.9. The highest BCUT2D eigenvalue weighted by molar-refractivity contribution is 5.88. The second kappa shape index (κ2) is 17.4. The number of amides is 1. The van der Waals surface area contributed by atoms with Gasteiger partial charge in [-0.1, -0.05) is 97.8 Å². The number of hydrogen-bond donors (Lipinski definition) is 3. The Morgan fingerprint density at radius 2 is 1.16 bits per heavy atom. The lowest BCUT2D eigenvalue weighted by Gasteiger charge is -2.23. The molecular weight excluding hydrogens is 542 g/mol. The lowest BCUT2D eigenvalue weighted by Crippen LogP contribution is -2.49. The predicted octanol–water partition coefficient (Wildman–Crippen LogP) is 6.08. The third kappa shape index (κ3) is 10.2. The maximum Gasteiger partial charge on any atom is 0.336 e. The molecule has 7 nitrogen and oxygen atoms in total. The Hall–Kier alpha value is -3.78. The fourth-order valence-electron chi connectivity index (χ4n) is 5.32. The van der Waals surface area contributed by atoms with E-state index in [1.165, 1.54) is 32.7 Å². The van der Waals surface area contributed by atoms with Gasteiger partial charge in [0.25, 0.3) is 5.91 Å². The number of carboxylic acid groups (broad SMARTS) is 1. The molecule has 4 aromatic carbocycles. The third-order valence-electron chi connectivity index (χ3n) is 7.64. The monoisotopic (exact) mass is 585 g/mol. The minimum atomic E-state index is -1.44. The SMILES string of the molecule is O=C(O)C(OCCCCCc1ccc2ccccc2c1)C(OCCO)C(=O)NCCCCCc1ccc2ccccc2c1. The van der Waals surface area contributed by atoms with Crippen LogP contribution >= 0.6 is 0 Å². The molecule has 0 fully saturated rings. The van der Waals surface area contributed by atoms with Crippen molar-refractivity contribution in [2.24, 2.45) is 0 Å². The van der Waals surface area contributed by atoms with E-state index in [-0.39, 0.29) is 19.8 Å². The standard InChI is InChI=1S/C36H43NO6/c38-22-24-43-33(35(39)37-21-9-1-3-11-27-17-19-29-13-5-7-15-31(29)25-27)34(36(40)41)42-23-10-2-4-12-28-18-20-30-14-6-8-16-32(30)26-28/h5-8,13-20,25-26,33-34,38H,1-4,9-12,21-24H2,(H,37,39)(H,40,41). The quantitative estimate of drug-likeness (QED) is 0.115. The van der Waals surface area contributed by atoms with Crippen LogP contribution in [-0.2, 0) is 31.9 Å². The highest BCUT2D eigenvalue weighted by Gasteiger charge is 2.35. The van der Waals surface area contributed by atoms with Crippen LogP contribution in [0.25, 0.3) is 21.5 Å². The normalized spacial score (nSPS) is 12.8. The van der Waals surface area contributed by atoms with E-state index in [0.29, 0.717) is 13.0 Å². The van der Waals surface area contributed by atoms with Crippen molar-refractivity contribution in [3.63, 3.8) is 0 Å². The summed E-state index contributed by atoms with van der Waals surface area (Å²) in [6.07, 6.45) is 4.27. The van der Waals surface area contributed by atoms with Crippen molar-refractivity contribution < 1.29 is 29.3 Å². The van der Waals surface area contributed by atoms with E-state index in [1.54, 1.807) is 0 Å². The number of carboxylic acids is 1. The Bertz CT molecular complexity index is 1450. The summed E-state index contributed by atoms with van der Waals surface area (Å²) in [5.41, 5.74) is 2.56. The molecule has 43 heavy (non-hydrogen) atoms. The molecule has 7 heteroatoms. The predicted molar refractivity (Wildman–Crippen MR) is 170 cm³/mol. The van der Waals surface area contributed by atoms with E-state index in [0.717, 1.165) is 44.9 Å². The summed E-state index contributed by atoms with van der Waals surface area (Å²) in [5, 5.41) is 26.7. The number of ether oxygens (including phenoxy) is 2. The van der Waals surface area contributed by atoms with Crippen molar-refractivity contribution in [2.45, 2.75) is 63.6 Å². The van der Waals surface area contributed by atoms with Crippen LogP contribution in [0.3, 0.4) is 0 Å². The molecule has 3 N–H and O–H groups in total. The number of carbonyl (C=O) groups excluding carboxylic acids is 1. The molecule has 0 aromatic heterocycles. The van der Waals surface area contributed by atoms with Gasteiger partial charge in [0.2, 0.25) is 0 Å². The third-order valence-corrected chi connectivity index (χ3v) is 7.64. The Balaban J connectivity index is 1.16. The number of aliphatic carboxylic acids is 1. The zero-order chi connectivity index (χ0) is 30.3. The average molecular weight is 586 g/mol. The van der Waals surface area contributed by atoms with E-state index in [4.69, 9.17) is 9.47 Å². The summed E-state index contributed by atoms with van der Waals surface area (Å²) in [6, 6.07) is 29.6. The second-order valence-corrected chi connectivity index (χ2v) is 10.9. The number of carbonyl (C=O) groups is 2. The highest BCUT2D eigenvalue weighted by atomic mass is 16.6. The number of aliphatic hydroxyl groups is 1. The molecule has 0 spiro atoms. The number of benzene rings is 4. The lowest BCUT2D eigenvalue weighted by atomic mass is 10.0. The number of fused-ring (bicyclic) bond motifs is 2. The Kier molecular flexibility index (Phi) is 13.0. The number of aliphatic hydroxyl groups excluding tert-OH is 1. The largest absolute Gasteiger partial charge is 0.479 e. The summed E-state index contributed by atoms with van der Waals surface area (Å²) < 4.78 is 11.1. The van der Waals surface area contributed by atoms with Gasteiger partial charge in [-0.3, -0.25) is 4.79 Å². The van der Waals surface area contributed by atoms with Gasteiger partial charge < -0.3 is 25.0 Å². The number of unbranched alkanes of at least 4 members (excludes halogenated alkanes) is 4. The molecule has 0 aliphatic carbocycles. The molecule has 0 heterocycles. The molecule has 0 saturated carbocycles. The van der Waals surface area contributed by atoms with E-state index in [1.807, 2.05) is 24.3 Å². The van der Waals surface area contributed by atoms with Crippen molar-refractivity contribution in [2.75, 3.05) is 26.4 Å². The van der Waals surface area contributed by atoms with Gasteiger partial charge >= 0.3 is 5.97 Å². The van der Waals surface area contributed by atoms with Crippen molar-refractivity contribution >= 4 is 33.4 Å². The van der Waals surface area contributed by atoms with Crippen molar-refractivity contribution in [1.82, 2.24) is 5.32 Å². The smallest absolute Gasteiger partial charge is 0.336 e. The van der Waals surface area contributed by atoms with E-state index >= 15 is 0 Å². The molecular formula is C36H43NO6. The van der Waals surface area contributed by atoms with Crippen LogP contribution in [0.15, 0.2) is 84.9 Å². The molecule has 0 saturated heterocycles. The Morgan fingerprint density at radius 3 is 1.72 bits per heavy atom. The average Bonchev–Trinajstić information content (AvgIpc) is 3.03. The van der Waals surface area contributed by atoms with Gasteiger partial charge in [-0.25, -0.2) is 4.79 Å². The zero-order valence-corrected chi connectivity index (χ0v) is 24.8. The fraction of sp³-hybridized carbons (Fsp3) is 0.389. The van der Waals surface area contributed by atoms with Crippen LogP contribution in [0.2, 0.25) is 0 Å². The maximum absolute atomic E-state index is 12.9. The minimum absolute atomic E-state index is 0.150. The molecule has 2 unspecified atom stereocenters. The molecule has 2 atom stereocenters. The van der Waals surface area contributed by atoms with Crippen LogP contribution < -0.4 is 5.32 Å². The van der Waals surface area contributed by atoms with Crippen LogP contribution in [0.5, 0.6) is 0 Å². The topological polar surface area (TPSA) is 105 Å². The first-order valence-corrected chi connectivity index (χ1v) is 15.3. The molecule has 0 aliphatic rings. The molecule has 4 aromatic rings. The number of rotatable bonds is 19. The molecule has 0 bridgehead atoms. The van der Waals surface area contributed by atoms with Crippen LogP contribution in [-0.4, -0.2) is 60.7 Å². The Morgan fingerprint density at radius 1 is 0.628 bits per heavy atom. The first-order chi connectivity index (χ1) is 21.0. The first-order valence-electron chi connectivity index (χ1n) is 15.3. The molecule has 4 rings (SSSR count). The van der Waals surface area contributed by atoms with E-state index < -0.39 is 24.1 Å². The van der Waals surface area contributed by atoms with Gasteiger partial charge in [-0.15, -0.1) is 0 Å². The number of hydrogen-bond acceptors (Lipinski definition) is 5. The van der Waals surface area contributed by atoms with Crippen molar-refractivity contribution in [3.05, 3.63) is 96.1 Å². The van der Waals surface area contributed by atoms with Crippen LogP contribution in [0.1, 0.15) is 49.7 Å². The highest BCUT2D eigenvalue weighted by Crippen LogP contribution is 2.19. The zero-order valence-electron chi connectivity index (χ0n) is 24.8. The van der Waals surface area contributed by atoms with Gasteiger partial charge in [0.15, 0.2) is 12.2 Å². The van der Waals surface area contributed by atoms with Crippen molar-refractivity contribution in [3.8, 4) is 0 Å². The summed E-state index contributed by atoms with van der Waals surface area (Å²) in [6.45, 7) is 0.148.